The maximum absolute atomic E-state index is 5.92. The van der Waals surface area contributed by atoms with Crippen molar-refractivity contribution in [3.63, 3.8) is 0 Å². The van der Waals surface area contributed by atoms with E-state index in [1.54, 1.807) is 0 Å². The molecule has 118 valence electrons. The van der Waals surface area contributed by atoms with E-state index in [0.29, 0.717) is 6.10 Å². The molecular formula is C16H23Br2NO2. The molecule has 1 aliphatic heterocycles. The Labute approximate surface area is 144 Å². The number of ether oxygens (including phenoxy) is 2. The predicted octanol–water partition coefficient (Wildman–Crippen LogP) is 4.66. The number of benzene rings is 1. The van der Waals surface area contributed by atoms with Gasteiger partial charge in [0.1, 0.15) is 5.75 Å². The van der Waals surface area contributed by atoms with E-state index in [-0.39, 0.29) is 0 Å². The van der Waals surface area contributed by atoms with Gasteiger partial charge in [-0.1, -0.05) is 6.92 Å². The summed E-state index contributed by atoms with van der Waals surface area (Å²) in [5.41, 5.74) is 1.24. The van der Waals surface area contributed by atoms with Gasteiger partial charge >= 0.3 is 0 Å². The van der Waals surface area contributed by atoms with Crippen LogP contribution in [0.5, 0.6) is 5.75 Å². The molecule has 1 aliphatic rings. The standard InChI is InChI=1S/C16H23Br2NO2/c1-2-19-11-12-9-14(17)16(15(18)10-12)21-8-4-6-13-5-3-7-20-13/h9-10,13,19H,2-8,11H2,1H3. The quantitative estimate of drug-likeness (QED) is 0.620. The summed E-state index contributed by atoms with van der Waals surface area (Å²) in [6.07, 6.45) is 4.97. The van der Waals surface area contributed by atoms with E-state index in [1.807, 2.05) is 0 Å². The lowest BCUT2D eigenvalue weighted by Gasteiger charge is -2.14. The van der Waals surface area contributed by atoms with E-state index in [4.69, 9.17) is 9.47 Å². The van der Waals surface area contributed by atoms with Crippen LogP contribution in [0.3, 0.4) is 0 Å². The Morgan fingerprint density at radius 3 is 2.71 bits per heavy atom. The number of hydrogen-bond donors (Lipinski definition) is 1. The van der Waals surface area contributed by atoms with E-state index in [2.05, 4.69) is 56.2 Å². The lowest BCUT2D eigenvalue weighted by Crippen LogP contribution is -2.12. The molecule has 5 heteroatoms. The van der Waals surface area contributed by atoms with Crippen LogP contribution in [0.4, 0.5) is 0 Å². The molecule has 1 aromatic carbocycles. The molecule has 0 bridgehead atoms. The van der Waals surface area contributed by atoms with Crippen molar-refractivity contribution in [1.29, 1.82) is 0 Å². The van der Waals surface area contributed by atoms with E-state index < -0.39 is 0 Å². The first-order valence-electron chi connectivity index (χ1n) is 7.63. The fourth-order valence-corrected chi connectivity index (χ4v) is 3.99. The molecule has 1 atom stereocenters. The average molecular weight is 421 g/mol. The molecule has 2 rings (SSSR count). The van der Waals surface area contributed by atoms with Gasteiger partial charge < -0.3 is 14.8 Å². The van der Waals surface area contributed by atoms with Gasteiger partial charge in [0.25, 0.3) is 0 Å². The van der Waals surface area contributed by atoms with Crippen molar-refractivity contribution in [3.05, 3.63) is 26.6 Å². The van der Waals surface area contributed by atoms with Crippen LogP contribution >= 0.6 is 31.9 Å². The molecule has 21 heavy (non-hydrogen) atoms. The van der Waals surface area contributed by atoms with Crippen LogP contribution in [0.15, 0.2) is 21.1 Å². The smallest absolute Gasteiger partial charge is 0.147 e. The highest BCUT2D eigenvalue weighted by molar-refractivity contribution is 9.11. The van der Waals surface area contributed by atoms with E-state index in [9.17, 15) is 0 Å². The highest BCUT2D eigenvalue weighted by Gasteiger charge is 2.15. The minimum atomic E-state index is 0.447. The molecule has 0 saturated carbocycles. The Balaban J connectivity index is 1.81. The fourth-order valence-electron chi connectivity index (χ4n) is 2.48. The first-order valence-corrected chi connectivity index (χ1v) is 9.22. The summed E-state index contributed by atoms with van der Waals surface area (Å²) in [7, 11) is 0. The topological polar surface area (TPSA) is 30.5 Å². The van der Waals surface area contributed by atoms with Crippen LogP contribution < -0.4 is 10.1 Å². The van der Waals surface area contributed by atoms with Crippen molar-refractivity contribution in [3.8, 4) is 5.75 Å². The van der Waals surface area contributed by atoms with Gasteiger partial charge in [-0.15, -0.1) is 0 Å². The van der Waals surface area contributed by atoms with Crippen molar-refractivity contribution in [2.24, 2.45) is 0 Å². The average Bonchev–Trinajstić information content (AvgIpc) is 2.96. The SMILES string of the molecule is CCNCc1cc(Br)c(OCCCC2CCCO2)c(Br)c1. The monoisotopic (exact) mass is 419 g/mol. The van der Waals surface area contributed by atoms with Gasteiger partial charge in [0.05, 0.1) is 21.7 Å². The third-order valence-corrected chi connectivity index (χ3v) is 4.76. The molecule has 0 amide bonds. The van der Waals surface area contributed by atoms with E-state index in [0.717, 1.165) is 53.8 Å². The molecule has 1 aromatic rings. The lowest BCUT2D eigenvalue weighted by atomic mass is 10.1. The molecule has 1 unspecified atom stereocenters. The summed E-state index contributed by atoms with van der Waals surface area (Å²) in [6.45, 7) is 5.60. The summed E-state index contributed by atoms with van der Waals surface area (Å²) in [6, 6.07) is 4.23. The minimum absolute atomic E-state index is 0.447. The molecule has 0 radical (unpaired) electrons. The minimum Gasteiger partial charge on any atom is -0.491 e. The summed E-state index contributed by atoms with van der Waals surface area (Å²) in [4.78, 5) is 0. The Hall–Kier alpha value is -0.100. The van der Waals surface area contributed by atoms with Crippen molar-refractivity contribution < 1.29 is 9.47 Å². The van der Waals surface area contributed by atoms with Crippen LogP contribution in [0.2, 0.25) is 0 Å². The van der Waals surface area contributed by atoms with Crippen LogP contribution in [0.25, 0.3) is 0 Å². The van der Waals surface area contributed by atoms with E-state index in [1.165, 1.54) is 18.4 Å². The molecule has 0 spiro atoms. The second-order valence-electron chi connectivity index (χ2n) is 5.29. The number of nitrogens with one attached hydrogen (secondary N) is 1. The fraction of sp³-hybridized carbons (Fsp3) is 0.625. The van der Waals surface area contributed by atoms with Gasteiger partial charge in [-0.25, -0.2) is 0 Å². The summed E-state index contributed by atoms with van der Waals surface area (Å²) in [5, 5.41) is 3.33. The third kappa shape index (κ3) is 5.55. The Morgan fingerprint density at radius 2 is 2.10 bits per heavy atom. The van der Waals surface area contributed by atoms with Crippen molar-refractivity contribution in [2.75, 3.05) is 19.8 Å². The van der Waals surface area contributed by atoms with Crippen molar-refractivity contribution in [2.45, 2.75) is 45.3 Å². The van der Waals surface area contributed by atoms with Crippen molar-refractivity contribution in [1.82, 2.24) is 5.32 Å². The summed E-state index contributed by atoms with van der Waals surface area (Å²) >= 11 is 7.20. The number of halogens is 2. The largest absolute Gasteiger partial charge is 0.491 e. The summed E-state index contributed by atoms with van der Waals surface area (Å²) < 4.78 is 13.5. The van der Waals surface area contributed by atoms with Gasteiger partial charge in [-0.05, 0) is 81.8 Å². The van der Waals surface area contributed by atoms with Gasteiger partial charge in [0, 0.05) is 13.2 Å². The van der Waals surface area contributed by atoms with Crippen LogP contribution in [0.1, 0.15) is 38.2 Å². The van der Waals surface area contributed by atoms with Gasteiger partial charge in [0.2, 0.25) is 0 Å². The molecule has 1 fully saturated rings. The highest BCUT2D eigenvalue weighted by Crippen LogP contribution is 2.35. The molecular weight excluding hydrogens is 398 g/mol. The van der Waals surface area contributed by atoms with Crippen LogP contribution in [-0.4, -0.2) is 25.9 Å². The van der Waals surface area contributed by atoms with Gasteiger partial charge in [0.15, 0.2) is 0 Å². The molecule has 3 nitrogen and oxygen atoms in total. The Morgan fingerprint density at radius 1 is 1.33 bits per heavy atom. The molecule has 0 aliphatic carbocycles. The van der Waals surface area contributed by atoms with Crippen LogP contribution in [-0.2, 0) is 11.3 Å². The molecule has 0 aromatic heterocycles. The lowest BCUT2D eigenvalue weighted by molar-refractivity contribution is 0.0980. The zero-order valence-electron chi connectivity index (χ0n) is 12.5. The highest BCUT2D eigenvalue weighted by atomic mass is 79.9. The second kappa shape index (κ2) is 9.13. The normalized spacial score (nSPS) is 18.1. The Kier molecular flexibility index (Phi) is 7.50. The Bertz CT molecular complexity index is 425. The first-order chi connectivity index (χ1) is 10.2. The predicted molar refractivity (Wildman–Crippen MR) is 92.9 cm³/mol. The van der Waals surface area contributed by atoms with Crippen LogP contribution in [0, 0.1) is 0 Å². The zero-order chi connectivity index (χ0) is 15.1. The first kappa shape index (κ1) is 17.3. The number of rotatable bonds is 8. The second-order valence-corrected chi connectivity index (χ2v) is 7.00. The maximum Gasteiger partial charge on any atom is 0.147 e. The third-order valence-electron chi connectivity index (χ3n) is 3.58. The van der Waals surface area contributed by atoms with E-state index >= 15 is 0 Å². The molecule has 1 heterocycles. The summed E-state index contributed by atoms with van der Waals surface area (Å²) in [5.74, 6) is 0.891. The van der Waals surface area contributed by atoms with Gasteiger partial charge in [-0.2, -0.15) is 0 Å². The van der Waals surface area contributed by atoms with Crippen molar-refractivity contribution >= 4 is 31.9 Å². The van der Waals surface area contributed by atoms with Gasteiger partial charge in [-0.3, -0.25) is 0 Å². The molecule has 1 N–H and O–H groups in total. The molecule has 1 saturated heterocycles. The number of hydrogen-bond acceptors (Lipinski definition) is 3. The maximum atomic E-state index is 5.92. The zero-order valence-corrected chi connectivity index (χ0v) is 15.6.